The first kappa shape index (κ1) is 19.2. The van der Waals surface area contributed by atoms with Gasteiger partial charge in [0, 0.05) is 20.3 Å². The fourth-order valence-electron chi connectivity index (χ4n) is 2.79. The van der Waals surface area contributed by atoms with Crippen LogP contribution in [-0.4, -0.2) is 24.1 Å². The summed E-state index contributed by atoms with van der Waals surface area (Å²) in [7, 11) is 0. The van der Waals surface area contributed by atoms with Gasteiger partial charge in [-0.05, 0) is 50.2 Å². The number of ether oxygens (including phenoxy) is 2. The first-order valence-electron chi connectivity index (χ1n) is 8.04. The molecule has 4 heteroatoms. The highest BCUT2D eigenvalue weighted by atomic mass is 16.5. The summed E-state index contributed by atoms with van der Waals surface area (Å²) < 4.78 is 10.9. The number of carbonyl (C=O) groups excluding carboxylic acids is 2. The summed E-state index contributed by atoms with van der Waals surface area (Å²) in [5.74, 6) is -0.371. The third-order valence-corrected chi connectivity index (χ3v) is 4.24. The Hall–Kier alpha value is -1.84. The summed E-state index contributed by atoms with van der Waals surface area (Å²) in [6.45, 7) is 14.9. The quantitative estimate of drug-likeness (QED) is 0.580. The van der Waals surface area contributed by atoms with Gasteiger partial charge in [0.15, 0.2) is 0 Å². The maximum absolute atomic E-state index is 11.4. The van der Waals surface area contributed by atoms with E-state index < -0.39 is 0 Å². The van der Waals surface area contributed by atoms with Gasteiger partial charge in [-0.15, -0.1) is 0 Å². The second-order valence-corrected chi connectivity index (χ2v) is 6.36. The minimum Gasteiger partial charge on any atom is -0.458 e. The third kappa shape index (κ3) is 6.43. The standard InChI is InChI=1S/C19H28O4/c1-12(2)17-9-7-13(3)18(22-15(5)20)10-8-14(4)19(11-17)23-16(6)21/h8,17-19H,1,3,7,9-11H2,2,4-6H3/b14-8-/t17-,18?,19?/m0/s1. The molecule has 0 amide bonds. The third-order valence-electron chi connectivity index (χ3n) is 4.24. The van der Waals surface area contributed by atoms with E-state index >= 15 is 0 Å². The first-order valence-corrected chi connectivity index (χ1v) is 8.04. The molecule has 1 rings (SSSR count). The number of allylic oxidation sites excluding steroid dienone is 1. The first-order chi connectivity index (χ1) is 10.7. The number of hydrogen-bond donors (Lipinski definition) is 0. The van der Waals surface area contributed by atoms with Crippen LogP contribution in [0.25, 0.3) is 0 Å². The molecule has 0 aromatic rings. The highest BCUT2D eigenvalue weighted by Gasteiger charge is 2.25. The van der Waals surface area contributed by atoms with E-state index in [1.165, 1.54) is 13.8 Å². The monoisotopic (exact) mass is 320 g/mol. The molecule has 0 radical (unpaired) electrons. The Bertz CT molecular complexity index is 515. The van der Waals surface area contributed by atoms with Crippen molar-refractivity contribution in [3.63, 3.8) is 0 Å². The molecule has 0 aromatic heterocycles. The lowest BCUT2D eigenvalue weighted by Gasteiger charge is -2.28. The molecule has 0 aromatic carbocycles. The molecule has 0 saturated heterocycles. The molecule has 1 aliphatic carbocycles. The second-order valence-electron chi connectivity index (χ2n) is 6.36. The van der Waals surface area contributed by atoms with Crippen LogP contribution < -0.4 is 0 Å². The van der Waals surface area contributed by atoms with Crippen LogP contribution in [0.5, 0.6) is 0 Å². The van der Waals surface area contributed by atoms with Crippen LogP contribution in [0.1, 0.15) is 53.4 Å². The molecule has 0 heterocycles. The summed E-state index contributed by atoms with van der Waals surface area (Å²) >= 11 is 0. The molecular formula is C19H28O4. The zero-order chi connectivity index (χ0) is 17.6. The predicted octanol–water partition coefficient (Wildman–Crippen LogP) is 4.12. The van der Waals surface area contributed by atoms with Crippen LogP contribution in [-0.2, 0) is 19.1 Å². The lowest BCUT2D eigenvalue weighted by atomic mass is 9.85. The van der Waals surface area contributed by atoms with Crippen molar-refractivity contribution in [3.8, 4) is 0 Å². The van der Waals surface area contributed by atoms with E-state index in [0.717, 1.165) is 36.0 Å². The van der Waals surface area contributed by atoms with Gasteiger partial charge in [-0.25, -0.2) is 0 Å². The SMILES string of the molecule is C=C1CC[C@H](C(=C)C)CC(OC(C)=O)/C(C)=C\CC1OC(C)=O. The molecule has 0 bridgehead atoms. The average molecular weight is 320 g/mol. The average Bonchev–Trinajstić information content (AvgIpc) is 2.43. The predicted molar refractivity (Wildman–Crippen MR) is 90.8 cm³/mol. The van der Waals surface area contributed by atoms with Gasteiger partial charge >= 0.3 is 11.9 Å². The smallest absolute Gasteiger partial charge is 0.303 e. The largest absolute Gasteiger partial charge is 0.458 e. The minimum atomic E-state index is -0.329. The van der Waals surface area contributed by atoms with Crippen molar-refractivity contribution in [2.75, 3.05) is 0 Å². The molecular weight excluding hydrogens is 292 g/mol. The van der Waals surface area contributed by atoms with Crippen molar-refractivity contribution < 1.29 is 19.1 Å². The summed E-state index contributed by atoms with van der Waals surface area (Å²) in [6.07, 6.45) is 4.28. The van der Waals surface area contributed by atoms with Gasteiger partial charge in [-0.1, -0.05) is 24.8 Å². The molecule has 0 N–H and O–H groups in total. The van der Waals surface area contributed by atoms with E-state index in [-0.39, 0.29) is 30.1 Å². The van der Waals surface area contributed by atoms with E-state index in [4.69, 9.17) is 9.47 Å². The lowest BCUT2D eigenvalue weighted by molar-refractivity contribution is -0.145. The van der Waals surface area contributed by atoms with Gasteiger partial charge in [-0.3, -0.25) is 9.59 Å². The van der Waals surface area contributed by atoms with Crippen molar-refractivity contribution in [1.29, 1.82) is 0 Å². The number of esters is 2. The summed E-state index contributed by atoms with van der Waals surface area (Å²) in [6, 6.07) is 0. The maximum Gasteiger partial charge on any atom is 0.303 e. The molecule has 3 atom stereocenters. The Morgan fingerprint density at radius 3 is 2.22 bits per heavy atom. The molecule has 4 nitrogen and oxygen atoms in total. The van der Waals surface area contributed by atoms with E-state index in [1.54, 1.807) is 0 Å². The van der Waals surface area contributed by atoms with Crippen LogP contribution in [0.4, 0.5) is 0 Å². The molecule has 2 unspecified atom stereocenters. The Labute approximate surface area is 139 Å². The second kappa shape index (κ2) is 8.70. The fourth-order valence-corrected chi connectivity index (χ4v) is 2.79. The van der Waals surface area contributed by atoms with Gasteiger partial charge < -0.3 is 9.47 Å². The Morgan fingerprint density at radius 2 is 1.70 bits per heavy atom. The Kier molecular flexibility index (Phi) is 7.27. The van der Waals surface area contributed by atoms with Crippen molar-refractivity contribution in [3.05, 3.63) is 36.0 Å². The zero-order valence-electron chi connectivity index (χ0n) is 14.7. The van der Waals surface area contributed by atoms with Crippen LogP contribution in [0.2, 0.25) is 0 Å². The van der Waals surface area contributed by atoms with Crippen molar-refractivity contribution >= 4 is 11.9 Å². The van der Waals surface area contributed by atoms with E-state index in [0.29, 0.717) is 6.42 Å². The highest BCUT2D eigenvalue weighted by molar-refractivity contribution is 5.67. The van der Waals surface area contributed by atoms with Crippen LogP contribution in [0, 0.1) is 5.92 Å². The summed E-state index contributed by atoms with van der Waals surface area (Å²) in [5.41, 5.74) is 2.95. The fraction of sp³-hybridized carbons (Fsp3) is 0.579. The van der Waals surface area contributed by atoms with Gasteiger partial charge in [0.05, 0.1) is 0 Å². The Morgan fingerprint density at radius 1 is 1.13 bits per heavy atom. The van der Waals surface area contributed by atoms with Crippen LogP contribution in [0.15, 0.2) is 36.0 Å². The van der Waals surface area contributed by atoms with Crippen molar-refractivity contribution in [1.82, 2.24) is 0 Å². The molecule has 0 aliphatic heterocycles. The molecule has 0 spiro atoms. The van der Waals surface area contributed by atoms with Crippen LogP contribution in [0.3, 0.4) is 0 Å². The van der Waals surface area contributed by atoms with Crippen LogP contribution >= 0.6 is 0 Å². The summed E-state index contributed by atoms with van der Waals surface area (Å²) in [5, 5.41) is 0. The molecule has 0 saturated carbocycles. The van der Waals surface area contributed by atoms with Gasteiger partial charge in [-0.2, -0.15) is 0 Å². The van der Waals surface area contributed by atoms with E-state index in [1.807, 2.05) is 19.9 Å². The molecule has 23 heavy (non-hydrogen) atoms. The van der Waals surface area contributed by atoms with Gasteiger partial charge in [0.2, 0.25) is 0 Å². The normalized spacial score (nSPS) is 28.3. The Balaban J connectivity index is 3.06. The van der Waals surface area contributed by atoms with Crippen molar-refractivity contribution in [2.24, 2.45) is 5.92 Å². The zero-order valence-corrected chi connectivity index (χ0v) is 14.7. The lowest BCUT2D eigenvalue weighted by Crippen LogP contribution is -2.25. The maximum atomic E-state index is 11.4. The van der Waals surface area contributed by atoms with E-state index in [9.17, 15) is 9.59 Å². The molecule has 128 valence electrons. The van der Waals surface area contributed by atoms with Crippen molar-refractivity contribution in [2.45, 2.75) is 65.6 Å². The molecule has 1 aliphatic rings. The highest BCUT2D eigenvalue weighted by Crippen LogP contribution is 2.30. The number of hydrogen-bond acceptors (Lipinski definition) is 4. The van der Waals surface area contributed by atoms with E-state index in [2.05, 4.69) is 13.2 Å². The minimum absolute atomic E-state index is 0.232. The number of carbonyl (C=O) groups is 2. The number of rotatable bonds is 3. The van der Waals surface area contributed by atoms with Gasteiger partial charge in [0.1, 0.15) is 12.2 Å². The van der Waals surface area contributed by atoms with Gasteiger partial charge in [0.25, 0.3) is 0 Å². The molecule has 0 fully saturated rings. The summed E-state index contributed by atoms with van der Waals surface area (Å²) in [4.78, 5) is 22.7. The topological polar surface area (TPSA) is 52.6 Å².